The minimum Gasteiger partial charge on any atom is -0.341 e. The summed E-state index contributed by atoms with van der Waals surface area (Å²) in [6.45, 7) is 0. The first-order valence-electron chi connectivity index (χ1n) is 4.03. The highest BCUT2D eigenvalue weighted by atomic mass is 32.2. The number of carbonyl (C=O) groups excluding carboxylic acids is 1. The van der Waals surface area contributed by atoms with Gasteiger partial charge in [0.15, 0.2) is 11.3 Å². The summed E-state index contributed by atoms with van der Waals surface area (Å²) in [5.74, 6) is 0. The molecule has 2 rings (SSSR count). The van der Waals surface area contributed by atoms with Crippen molar-refractivity contribution in [3.05, 3.63) is 0 Å². The van der Waals surface area contributed by atoms with Crippen LogP contribution < -0.4 is 5.32 Å². The van der Waals surface area contributed by atoms with Gasteiger partial charge in [0.1, 0.15) is 6.17 Å². The van der Waals surface area contributed by atoms with Crippen LogP contribution in [0.25, 0.3) is 0 Å². The Balaban J connectivity index is 2.23. The molecule has 2 atom stereocenters. The van der Waals surface area contributed by atoms with Gasteiger partial charge in [-0.2, -0.15) is 0 Å². The molecule has 1 N–H and O–H groups in total. The Kier molecular flexibility index (Phi) is 1.87. The zero-order valence-electron chi connectivity index (χ0n) is 7.81. The molecule has 0 unspecified atom stereocenters. The van der Waals surface area contributed by atoms with Crippen molar-refractivity contribution in [3.63, 3.8) is 0 Å². The molecule has 0 bridgehead atoms. The molecule has 0 aromatic carbocycles. The molecular formula is C7H12N4OS. The van der Waals surface area contributed by atoms with Crippen LogP contribution in [0.2, 0.25) is 0 Å². The lowest BCUT2D eigenvalue weighted by Gasteiger charge is -2.16. The molecule has 13 heavy (non-hydrogen) atoms. The average molecular weight is 200 g/mol. The van der Waals surface area contributed by atoms with Gasteiger partial charge in [-0.15, -0.1) is 0 Å². The molecule has 1 fully saturated rings. The van der Waals surface area contributed by atoms with Crippen molar-refractivity contribution in [1.82, 2.24) is 15.1 Å². The molecule has 0 radical (unpaired) electrons. The first-order chi connectivity index (χ1) is 6.15. The molecule has 0 aromatic heterocycles. The van der Waals surface area contributed by atoms with E-state index in [4.69, 9.17) is 0 Å². The van der Waals surface area contributed by atoms with Crippen molar-refractivity contribution in [2.45, 2.75) is 12.3 Å². The molecule has 0 aliphatic carbocycles. The maximum Gasteiger partial charge on any atom is 0.323 e. The number of aliphatic imine (C=N–C) groups is 1. The third kappa shape index (κ3) is 1.08. The summed E-state index contributed by atoms with van der Waals surface area (Å²) in [6, 6.07) is 0.0198. The van der Waals surface area contributed by atoms with E-state index in [1.54, 1.807) is 35.7 Å². The normalized spacial score (nSPS) is 31.9. The van der Waals surface area contributed by atoms with Crippen molar-refractivity contribution in [3.8, 4) is 0 Å². The van der Waals surface area contributed by atoms with Crippen LogP contribution in [-0.2, 0) is 0 Å². The number of carbonyl (C=O) groups is 1. The van der Waals surface area contributed by atoms with E-state index in [1.807, 2.05) is 6.26 Å². The highest BCUT2D eigenvalue weighted by Gasteiger charge is 2.45. The summed E-state index contributed by atoms with van der Waals surface area (Å²) >= 11 is 1.57. The van der Waals surface area contributed by atoms with Crippen LogP contribution in [0.15, 0.2) is 4.99 Å². The number of fused-ring (bicyclic) bond motifs is 1. The number of nitrogens with zero attached hydrogens (tertiary/aromatic N) is 3. The Labute approximate surface area is 81.2 Å². The number of hydrogen-bond donors (Lipinski definition) is 1. The molecular weight excluding hydrogens is 188 g/mol. The minimum atomic E-state index is -0.0556. The van der Waals surface area contributed by atoms with Crippen LogP contribution in [-0.4, -0.2) is 53.7 Å². The zero-order chi connectivity index (χ0) is 9.59. The van der Waals surface area contributed by atoms with Crippen molar-refractivity contribution in [2.75, 3.05) is 20.4 Å². The second kappa shape index (κ2) is 2.80. The third-order valence-electron chi connectivity index (χ3n) is 2.41. The highest BCUT2D eigenvalue weighted by Crippen LogP contribution is 2.24. The first kappa shape index (κ1) is 8.68. The third-order valence-corrected chi connectivity index (χ3v) is 3.02. The fraction of sp³-hybridized carbons (Fsp3) is 0.714. The van der Waals surface area contributed by atoms with Gasteiger partial charge in [-0.25, -0.2) is 9.79 Å². The van der Waals surface area contributed by atoms with Crippen LogP contribution in [0, 0.1) is 0 Å². The summed E-state index contributed by atoms with van der Waals surface area (Å²) in [5.41, 5.74) is 0. The van der Waals surface area contributed by atoms with Crippen LogP contribution in [0.4, 0.5) is 4.79 Å². The molecule has 2 aliphatic rings. The monoisotopic (exact) mass is 200 g/mol. The molecule has 5 nitrogen and oxygen atoms in total. The molecule has 0 spiro atoms. The van der Waals surface area contributed by atoms with Crippen LogP contribution in [0.1, 0.15) is 0 Å². The van der Waals surface area contributed by atoms with Gasteiger partial charge in [0.05, 0.1) is 0 Å². The Morgan fingerprint density at radius 3 is 2.69 bits per heavy atom. The number of amidine groups is 1. The van der Waals surface area contributed by atoms with Gasteiger partial charge in [0.25, 0.3) is 0 Å². The second-order valence-electron chi connectivity index (χ2n) is 3.15. The van der Waals surface area contributed by atoms with E-state index in [0.29, 0.717) is 0 Å². The van der Waals surface area contributed by atoms with Gasteiger partial charge in [-0.05, 0) is 6.26 Å². The second-order valence-corrected chi connectivity index (χ2v) is 3.94. The fourth-order valence-corrected chi connectivity index (χ4v) is 2.07. The largest absolute Gasteiger partial charge is 0.341 e. The van der Waals surface area contributed by atoms with Crippen LogP contribution in [0.5, 0.6) is 0 Å². The Morgan fingerprint density at radius 1 is 1.46 bits per heavy atom. The SMILES string of the molecule is CSC1=N[C@H]2[C@H](N1)N(C)C(=O)N2C. The van der Waals surface area contributed by atoms with E-state index in [-0.39, 0.29) is 18.4 Å². The number of likely N-dealkylation sites (N-methyl/N-ethyl adjacent to an activating group) is 2. The maximum atomic E-state index is 11.4. The summed E-state index contributed by atoms with van der Waals surface area (Å²) < 4.78 is 0. The summed E-state index contributed by atoms with van der Waals surface area (Å²) in [7, 11) is 3.56. The van der Waals surface area contributed by atoms with E-state index in [9.17, 15) is 4.79 Å². The Hall–Kier alpha value is -0.910. The van der Waals surface area contributed by atoms with Gasteiger partial charge >= 0.3 is 6.03 Å². The van der Waals surface area contributed by atoms with Crippen LogP contribution >= 0.6 is 11.8 Å². The molecule has 2 amide bonds. The first-order valence-corrected chi connectivity index (χ1v) is 5.25. The minimum absolute atomic E-state index is 0.0138. The molecule has 0 aromatic rings. The highest BCUT2D eigenvalue weighted by molar-refractivity contribution is 8.13. The number of hydrogen-bond acceptors (Lipinski definition) is 4. The van der Waals surface area contributed by atoms with E-state index in [1.165, 1.54) is 0 Å². The quantitative estimate of drug-likeness (QED) is 0.597. The zero-order valence-corrected chi connectivity index (χ0v) is 8.63. The molecule has 2 aliphatic heterocycles. The molecule has 0 saturated carbocycles. The lowest BCUT2D eigenvalue weighted by Crippen LogP contribution is -2.42. The van der Waals surface area contributed by atoms with Crippen molar-refractivity contribution >= 4 is 23.0 Å². The van der Waals surface area contributed by atoms with Gasteiger partial charge in [-0.3, -0.25) is 0 Å². The van der Waals surface area contributed by atoms with Gasteiger partial charge in [-0.1, -0.05) is 11.8 Å². The van der Waals surface area contributed by atoms with E-state index >= 15 is 0 Å². The fourth-order valence-electron chi connectivity index (χ4n) is 1.62. The number of amides is 2. The predicted octanol–water partition coefficient (Wildman–Crippen LogP) is -0.0420. The molecule has 2 heterocycles. The number of nitrogens with one attached hydrogen (secondary N) is 1. The lowest BCUT2D eigenvalue weighted by molar-refractivity contribution is 0.198. The molecule has 6 heteroatoms. The summed E-state index contributed by atoms with van der Waals surface area (Å²) in [5, 5.41) is 4.09. The topological polar surface area (TPSA) is 47.9 Å². The Morgan fingerprint density at radius 2 is 2.15 bits per heavy atom. The van der Waals surface area contributed by atoms with Gasteiger partial charge in [0.2, 0.25) is 0 Å². The standard InChI is InChI=1S/C7H12N4OS/c1-10-4-5(11(2)7(10)12)9-6(8-4)13-3/h4-5H,1-3H3,(H,8,9)/t4-,5-/m1/s1. The Bertz CT molecular complexity index is 280. The van der Waals surface area contributed by atoms with Crippen molar-refractivity contribution in [2.24, 2.45) is 4.99 Å². The van der Waals surface area contributed by atoms with Gasteiger partial charge in [0, 0.05) is 14.1 Å². The number of rotatable bonds is 0. The lowest BCUT2D eigenvalue weighted by atomic mass is 10.4. The summed E-state index contributed by atoms with van der Waals surface area (Å²) in [4.78, 5) is 19.2. The smallest absolute Gasteiger partial charge is 0.323 e. The number of urea groups is 1. The van der Waals surface area contributed by atoms with E-state index in [0.717, 1.165) is 5.17 Å². The molecule has 72 valence electrons. The molecule has 1 saturated heterocycles. The maximum absolute atomic E-state index is 11.4. The van der Waals surface area contributed by atoms with E-state index < -0.39 is 0 Å². The van der Waals surface area contributed by atoms with Crippen molar-refractivity contribution < 1.29 is 4.79 Å². The number of thioether (sulfide) groups is 1. The van der Waals surface area contributed by atoms with Gasteiger partial charge < -0.3 is 15.1 Å². The van der Waals surface area contributed by atoms with Crippen LogP contribution in [0.3, 0.4) is 0 Å². The summed E-state index contributed by atoms with van der Waals surface area (Å²) in [6.07, 6.45) is 1.93. The predicted molar refractivity (Wildman–Crippen MR) is 52.6 cm³/mol. The average Bonchev–Trinajstić information content (AvgIpc) is 2.64. The van der Waals surface area contributed by atoms with E-state index in [2.05, 4.69) is 10.3 Å². The van der Waals surface area contributed by atoms with Crippen molar-refractivity contribution in [1.29, 1.82) is 0 Å².